The van der Waals surface area contributed by atoms with Crippen LogP contribution in [0.15, 0.2) is 47.8 Å². The van der Waals surface area contributed by atoms with Crippen LogP contribution in [0.5, 0.6) is 0 Å². The summed E-state index contributed by atoms with van der Waals surface area (Å²) in [6.45, 7) is 1.28. The van der Waals surface area contributed by atoms with Crippen molar-refractivity contribution < 1.29 is 11.6 Å². The maximum absolute atomic E-state index is 9.23. The Balaban J connectivity index is 2.11. The SMILES string of the molecule is [2H]OC([2H])(CN(CCO)Cc1ccccc1)c1cccs1. The van der Waals surface area contributed by atoms with E-state index in [9.17, 15) is 5.11 Å². The molecule has 0 bridgehead atoms. The number of aliphatic hydroxyl groups is 2. The van der Waals surface area contributed by atoms with Gasteiger partial charge >= 0.3 is 0 Å². The van der Waals surface area contributed by atoms with Gasteiger partial charge in [-0.15, -0.1) is 11.3 Å². The summed E-state index contributed by atoms with van der Waals surface area (Å²) in [6, 6.07) is 13.5. The number of hydrogen-bond donors (Lipinski definition) is 2. The number of aliphatic hydroxyl groups excluding tert-OH is 1. The fraction of sp³-hybridized carbons (Fsp3) is 0.333. The van der Waals surface area contributed by atoms with Crippen LogP contribution in [0.25, 0.3) is 0 Å². The van der Waals surface area contributed by atoms with Crippen LogP contribution in [-0.2, 0) is 6.54 Å². The Bertz CT molecular complexity index is 524. The summed E-state index contributed by atoms with van der Waals surface area (Å²) in [5, 5.41) is 15.8. The molecule has 4 heteroatoms. The Morgan fingerprint density at radius 2 is 2.11 bits per heavy atom. The van der Waals surface area contributed by atoms with Gasteiger partial charge in [0.2, 0.25) is 1.43 Å². The van der Waals surface area contributed by atoms with Crippen LogP contribution in [0, 0.1) is 0 Å². The summed E-state index contributed by atoms with van der Waals surface area (Å²) in [5.74, 6) is 0. The minimum Gasteiger partial charge on any atom is -0.395 e. The lowest BCUT2D eigenvalue weighted by atomic mass is 10.2. The second kappa shape index (κ2) is 7.40. The first-order valence-corrected chi connectivity index (χ1v) is 7.11. The van der Waals surface area contributed by atoms with Gasteiger partial charge in [0.05, 0.1) is 7.98 Å². The van der Waals surface area contributed by atoms with Gasteiger partial charge in [-0.1, -0.05) is 36.4 Å². The standard InChI is InChI=1S/C15H19NO2S/c17-9-8-16(11-13-5-2-1-3-6-13)12-14(18)15-7-4-10-19-15/h1-7,10,14,17-18H,8-9,11-12H2/i14D,18D. The van der Waals surface area contributed by atoms with Crippen molar-refractivity contribution in [1.29, 1.82) is 1.43 Å². The predicted molar refractivity (Wildman–Crippen MR) is 78.1 cm³/mol. The molecule has 0 fully saturated rings. The molecule has 1 aromatic carbocycles. The van der Waals surface area contributed by atoms with Crippen molar-refractivity contribution in [1.82, 2.24) is 4.90 Å². The molecule has 102 valence electrons. The van der Waals surface area contributed by atoms with E-state index in [1.807, 2.05) is 46.7 Å². The molecule has 0 aliphatic heterocycles. The molecule has 2 aromatic rings. The molecule has 0 aliphatic carbocycles. The largest absolute Gasteiger partial charge is 0.395 e. The molecule has 19 heavy (non-hydrogen) atoms. The maximum atomic E-state index is 9.23. The van der Waals surface area contributed by atoms with E-state index < -0.39 is 6.08 Å². The first-order chi connectivity index (χ1) is 10.2. The van der Waals surface area contributed by atoms with Crippen LogP contribution in [0.3, 0.4) is 0 Å². The van der Waals surface area contributed by atoms with Crippen molar-refractivity contribution in [3.63, 3.8) is 0 Å². The third-order valence-corrected chi connectivity index (χ3v) is 3.74. The first kappa shape index (κ1) is 11.6. The third kappa shape index (κ3) is 4.44. The summed E-state index contributed by atoms with van der Waals surface area (Å²) in [5.41, 5.74) is 1.10. The lowest BCUT2D eigenvalue weighted by molar-refractivity contribution is 0.0979. The van der Waals surface area contributed by atoms with Gasteiger partial charge in [-0.2, -0.15) is 0 Å². The molecule has 1 aromatic heterocycles. The van der Waals surface area contributed by atoms with Gasteiger partial charge in [0.1, 0.15) is 6.08 Å². The average Bonchev–Trinajstić information content (AvgIpc) is 3.03. The molecular weight excluding hydrogens is 258 g/mol. The van der Waals surface area contributed by atoms with Gasteiger partial charge in [0.25, 0.3) is 0 Å². The van der Waals surface area contributed by atoms with E-state index in [-0.39, 0.29) is 13.2 Å². The number of benzene rings is 1. The van der Waals surface area contributed by atoms with Gasteiger partial charge < -0.3 is 10.2 Å². The Hall–Kier alpha value is -1.20. The van der Waals surface area contributed by atoms with Crippen molar-refractivity contribution in [2.24, 2.45) is 0 Å². The highest BCUT2D eigenvalue weighted by molar-refractivity contribution is 7.10. The Morgan fingerprint density at radius 1 is 1.26 bits per heavy atom. The number of nitrogens with zero attached hydrogens (tertiary/aromatic N) is 1. The van der Waals surface area contributed by atoms with Gasteiger partial charge in [0, 0.05) is 24.5 Å². The van der Waals surface area contributed by atoms with Gasteiger partial charge in [-0.25, -0.2) is 0 Å². The second-order valence-electron chi connectivity index (χ2n) is 4.32. The average molecular weight is 279 g/mol. The van der Waals surface area contributed by atoms with E-state index in [0.29, 0.717) is 18.0 Å². The van der Waals surface area contributed by atoms with Crippen LogP contribution in [0.4, 0.5) is 0 Å². The fourth-order valence-corrected chi connectivity index (χ4v) is 2.57. The monoisotopic (exact) mass is 279 g/mol. The molecule has 2 N–H and O–H groups in total. The minimum atomic E-state index is -1.43. The number of rotatable bonds is 8. The zero-order valence-electron chi connectivity index (χ0n) is 12.7. The van der Waals surface area contributed by atoms with E-state index in [4.69, 9.17) is 7.91 Å². The number of hydrogen-bond acceptors (Lipinski definition) is 4. The topological polar surface area (TPSA) is 43.7 Å². The highest BCUT2D eigenvalue weighted by atomic mass is 32.1. The van der Waals surface area contributed by atoms with Crippen molar-refractivity contribution >= 4 is 11.3 Å². The van der Waals surface area contributed by atoms with Crippen molar-refractivity contribution in [2.45, 2.75) is 12.6 Å². The normalized spacial score (nSPS) is 15.9. The van der Waals surface area contributed by atoms with Crippen molar-refractivity contribution in [2.75, 3.05) is 19.7 Å². The van der Waals surface area contributed by atoms with Crippen LogP contribution < -0.4 is 0 Å². The molecule has 0 radical (unpaired) electrons. The van der Waals surface area contributed by atoms with E-state index in [1.165, 1.54) is 11.3 Å². The molecule has 0 spiro atoms. The lowest BCUT2D eigenvalue weighted by Gasteiger charge is -2.24. The van der Waals surface area contributed by atoms with Crippen LogP contribution in [-0.4, -0.2) is 36.2 Å². The highest BCUT2D eigenvalue weighted by Crippen LogP contribution is 2.20. The molecule has 1 unspecified atom stereocenters. The van der Waals surface area contributed by atoms with E-state index in [2.05, 4.69) is 0 Å². The van der Waals surface area contributed by atoms with Crippen LogP contribution >= 0.6 is 11.3 Å². The number of thiophene rings is 1. The maximum Gasteiger partial charge on any atom is 0.211 e. The third-order valence-electron chi connectivity index (χ3n) is 2.83. The molecule has 1 heterocycles. The smallest absolute Gasteiger partial charge is 0.211 e. The fourth-order valence-electron chi connectivity index (χ4n) is 1.92. The van der Waals surface area contributed by atoms with E-state index in [0.717, 1.165) is 5.56 Å². The summed E-state index contributed by atoms with van der Waals surface area (Å²) >= 11 is 1.40. The van der Waals surface area contributed by atoms with Gasteiger partial charge in [0.15, 0.2) is 0 Å². The Morgan fingerprint density at radius 3 is 2.74 bits per heavy atom. The van der Waals surface area contributed by atoms with Crippen molar-refractivity contribution in [3.8, 4) is 0 Å². The lowest BCUT2D eigenvalue weighted by Crippen LogP contribution is -2.30. The van der Waals surface area contributed by atoms with Gasteiger partial charge in [-0.3, -0.25) is 4.90 Å². The van der Waals surface area contributed by atoms with Crippen molar-refractivity contribution in [3.05, 3.63) is 58.3 Å². The molecule has 2 rings (SSSR count). The van der Waals surface area contributed by atoms with Crippen LogP contribution in [0.1, 0.15) is 17.9 Å². The molecule has 1 atom stereocenters. The summed E-state index contributed by atoms with van der Waals surface area (Å²) in [7, 11) is 0. The molecule has 0 amide bonds. The zero-order chi connectivity index (χ0) is 15.1. The highest BCUT2D eigenvalue weighted by Gasteiger charge is 2.14. The molecular formula is C15H19NO2S. The summed E-state index contributed by atoms with van der Waals surface area (Å²) in [4.78, 5) is 2.62. The quantitative estimate of drug-likeness (QED) is 0.779. The first-order valence-electron chi connectivity index (χ1n) is 7.14. The minimum absolute atomic E-state index is 0.00531. The molecule has 0 aliphatic rings. The van der Waals surface area contributed by atoms with Gasteiger partial charge in [-0.05, 0) is 17.0 Å². The Labute approximate surface area is 120 Å². The predicted octanol–water partition coefficient (Wildman–Crippen LogP) is 2.28. The molecule has 0 saturated heterocycles. The molecule has 0 saturated carbocycles. The van der Waals surface area contributed by atoms with Crippen LogP contribution in [0.2, 0.25) is 0 Å². The van der Waals surface area contributed by atoms with E-state index in [1.54, 1.807) is 6.07 Å². The molecule has 3 nitrogen and oxygen atoms in total. The summed E-state index contributed by atoms with van der Waals surface area (Å²) in [6.07, 6.45) is -1.43. The zero-order valence-corrected chi connectivity index (χ0v) is 11.5. The summed E-state index contributed by atoms with van der Waals surface area (Å²) < 4.78 is 15.6. The van der Waals surface area contributed by atoms with E-state index >= 15 is 0 Å². The second-order valence-corrected chi connectivity index (χ2v) is 5.27. The Kier molecular flexibility index (Phi) is 4.53.